The normalized spacial score (nSPS) is 30.5. The summed E-state index contributed by atoms with van der Waals surface area (Å²) in [7, 11) is 0. The summed E-state index contributed by atoms with van der Waals surface area (Å²) < 4.78 is 12.6. The van der Waals surface area contributed by atoms with Gasteiger partial charge in [0.1, 0.15) is 24.7 Å². The predicted octanol–water partition coefficient (Wildman–Crippen LogP) is 6.17. The van der Waals surface area contributed by atoms with Crippen LogP contribution in [0.2, 0.25) is 0 Å². The number of hydrogen-bond donors (Lipinski definition) is 2. The fourth-order valence-electron chi connectivity index (χ4n) is 11.2. The molecule has 10 atom stereocenters. The zero-order chi connectivity index (χ0) is 38.2. The van der Waals surface area contributed by atoms with Crippen molar-refractivity contribution in [3.8, 4) is 11.5 Å². The first-order chi connectivity index (χ1) is 27.4. The molecule has 0 saturated carbocycles. The van der Waals surface area contributed by atoms with E-state index in [2.05, 4.69) is 55.5 Å². The summed E-state index contributed by atoms with van der Waals surface area (Å²) in [6.45, 7) is 16.0. The smallest absolute Gasteiger partial charge is 0.120 e. The monoisotopic (exact) mass is 762 g/mol. The number of piperidine rings is 6. The summed E-state index contributed by atoms with van der Waals surface area (Å²) in [5, 5.41) is 25.4. The van der Waals surface area contributed by atoms with Crippen LogP contribution in [0.3, 0.4) is 0 Å². The Morgan fingerprint density at radius 2 is 1.07 bits per heavy atom. The molecule has 0 aliphatic carbocycles. The quantitative estimate of drug-likeness (QED) is 0.156. The number of piperazine rings is 1. The van der Waals surface area contributed by atoms with Gasteiger partial charge in [0.25, 0.3) is 0 Å². The highest BCUT2D eigenvalue weighted by Crippen LogP contribution is 2.44. The van der Waals surface area contributed by atoms with Gasteiger partial charge in [-0.25, -0.2) is 0 Å². The third-order valence-electron chi connectivity index (χ3n) is 14.6. The van der Waals surface area contributed by atoms with Gasteiger partial charge in [0, 0.05) is 87.6 Å². The van der Waals surface area contributed by atoms with Crippen LogP contribution in [0.5, 0.6) is 11.5 Å². The van der Waals surface area contributed by atoms with Crippen LogP contribution in [-0.4, -0.2) is 131 Å². The molecule has 7 aliphatic heterocycles. The molecular weight excluding hydrogens is 701 g/mol. The van der Waals surface area contributed by atoms with Gasteiger partial charge in [0.05, 0.1) is 23.2 Å². The van der Waals surface area contributed by atoms with Crippen LogP contribution in [-0.2, 0) is 0 Å². The lowest BCUT2D eigenvalue weighted by Crippen LogP contribution is -2.55. The molecule has 56 heavy (non-hydrogen) atoms. The van der Waals surface area contributed by atoms with E-state index in [1.807, 2.05) is 48.8 Å². The standard InChI is InChI=1S/C46H62N6O4/c1-3-31-29-51-15-11-33(31)25-43(51)45(53)37-9-13-47-41-7-5-35(27-39(37)41)55-23-21-49-17-19-50(20-18-49)22-24-56-36-6-8-42-40(28-36)38(10-14-48-42)46(54)44-26-34-12-16-52(44)30-32(34)4-2/h5-10,13-14,27-28,31-34,43-46,53-54H,3-4,11-12,15-26,29-30H2,1-2H3/t31-,32+,33-,34?,43-,44+,45?,46?/m0/s1. The van der Waals surface area contributed by atoms with E-state index in [9.17, 15) is 10.2 Å². The molecule has 7 fully saturated rings. The molecule has 0 radical (unpaired) electrons. The average Bonchev–Trinajstić information content (AvgIpc) is 3.26. The Kier molecular flexibility index (Phi) is 11.5. The van der Waals surface area contributed by atoms with E-state index in [-0.39, 0.29) is 12.1 Å². The summed E-state index contributed by atoms with van der Waals surface area (Å²) in [6.07, 6.45) is 9.76. The van der Waals surface area contributed by atoms with Crippen LogP contribution in [0.4, 0.5) is 0 Å². The van der Waals surface area contributed by atoms with Crippen molar-refractivity contribution in [3.05, 3.63) is 72.1 Å². The second kappa shape index (κ2) is 16.8. The molecule has 4 aromatic rings. The highest BCUT2D eigenvalue weighted by molar-refractivity contribution is 5.84. The highest BCUT2D eigenvalue weighted by atomic mass is 16.5. The maximum Gasteiger partial charge on any atom is 0.120 e. The number of rotatable bonds is 14. The molecule has 10 nitrogen and oxygen atoms in total. The summed E-state index contributed by atoms with van der Waals surface area (Å²) in [5.74, 6) is 4.65. The Hall–Kier alpha value is -3.38. The Morgan fingerprint density at radius 1 is 0.625 bits per heavy atom. The van der Waals surface area contributed by atoms with E-state index in [0.717, 1.165) is 146 Å². The van der Waals surface area contributed by atoms with E-state index in [1.54, 1.807) is 0 Å². The van der Waals surface area contributed by atoms with E-state index >= 15 is 0 Å². The molecule has 5 unspecified atom stereocenters. The molecule has 11 rings (SSSR count). The lowest BCUT2D eigenvalue weighted by Gasteiger charge is -2.51. The van der Waals surface area contributed by atoms with Gasteiger partial charge in [-0.05, 0) is 122 Å². The van der Waals surface area contributed by atoms with Gasteiger partial charge in [-0.15, -0.1) is 0 Å². The largest absolute Gasteiger partial charge is 0.492 e. The van der Waals surface area contributed by atoms with Crippen molar-refractivity contribution in [1.29, 1.82) is 0 Å². The molecule has 9 heterocycles. The van der Waals surface area contributed by atoms with E-state index in [4.69, 9.17) is 9.47 Å². The molecular formula is C46H62N6O4. The lowest BCUT2D eigenvalue weighted by molar-refractivity contribution is -0.0562. The SMILES string of the molecule is CC[C@@H]1CN2CCC1C[C@@H]2C(O)c1ccnc2ccc(OCCN3CCN(CCOc4ccc5nccc(C(O)[C@@H]6C[C@@H]7CCN6C[C@@H]7CC)c5c4)CC3)cc12. The van der Waals surface area contributed by atoms with Gasteiger partial charge in [-0.1, -0.05) is 26.7 Å². The fraction of sp³-hybridized carbons (Fsp3) is 0.609. The molecule has 4 bridgehead atoms. The first-order valence-electron chi connectivity index (χ1n) is 21.8. The Balaban J connectivity index is 0.740. The highest BCUT2D eigenvalue weighted by Gasteiger charge is 2.44. The van der Waals surface area contributed by atoms with Crippen molar-refractivity contribution < 1.29 is 19.7 Å². The maximum absolute atomic E-state index is 11.7. The van der Waals surface area contributed by atoms with Crippen molar-refractivity contribution in [3.63, 3.8) is 0 Å². The van der Waals surface area contributed by atoms with Gasteiger partial charge in [0.15, 0.2) is 0 Å². The molecule has 0 amide bonds. The maximum atomic E-state index is 11.7. The lowest BCUT2D eigenvalue weighted by atomic mass is 9.72. The van der Waals surface area contributed by atoms with Crippen molar-refractivity contribution >= 4 is 21.8 Å². The third kappa shape index (κ3) is 7.77. The summed E-state index contributed by atoms with van der Waals surface area (Å²) in [4.78, 5) is 19.2. The Bertz CT molecular complexity index is 1810. The first-order valence-corrected chi connectivity index (χ1v) is 21.8. The number of aliphatic hydroxyl groups excluding tert-OH is 2. The molecule has 2 aromatic carbocycles. The molecule has 2 aromatic heterocycles. The summed E-state index contributed by atoms with van der Waals surface area (Å²) in [6, 6.07) is 16.6. The zero-order valence-corrected chi connectivity index (χ0v) is 33.5. The number of benzene rings is 2. The van der Waals surface area contributed by atoms with E-state index in [0.29, 0.717) is 13.2 Å². The minimum atomic E-state index is -0.525. The number of ether oxygens (including phenoxy) is 2. The van der Waals surface area contributed by atoms with Crippen LogP contribution in [0.15, 0.2) is 60.9 Å². The van der Waals surface area contributed by atoms with Gasteiger partial charge in [0.2, 0.25) is 0 Å². The molecule has 10 heteroatoms. The number of aliphatic hydroxyl groups is 2. The van der Waals surface area contributed by atoms with E-state index < -0.39 is 12.2 Å². The van der Waals surface area contributed by atoms with E-state index in [1.165, 1.54) is 25.7 Å². The minimum absolute atomic E-state index is 0.176. The van der Waals surface area contributed by atoms with Crippen molar-refractivity contribution in [2.45, 2.75) is 76.7 Å². The van der Waals surface area contributed by atoms with Gasteiger partial charge in [-0.2, -0.15) is 0 Å². The first kappa shape index (κ1) is 38.2. The third-order valence-corrected chi connectivity index (χ3v) is 14.6. The van der Waals surface area contributed by atoms with Crippen molar-refractivity contribution in [2.24, 2.45) is 23.7 Å². The Morgan fingerprint density at radius 3 is 1.46 bits per heavy atom. The summed E-state index contributed by atoms with van der Waals surface area (Å²) in [5.41, 5.74) is 3.75. The fourth-order valence-corrected chi connectivity index (χ4v) is 11.2. The van der Waals surface area contributed by atoms with Crippen LogP contribution in [0.25, 0.3) is 21.8 Å². The van der Waals surface area contributed by atoms with Crippen LogP contribution < -0.4 is 9.47 Å². The molecule has 300 valence electrons. The zero-order valence-electron chi connectivity index (χ0n) is 33.5. The predicted molar refractivity (Wildman–Crippen MR) is 221 cm³/mol. The number of hydrogen-bond acceptors (Lipinski definition) is 10. The molecule has 7 aliphatic rings. The number of nitrogens with zero attached hydrogens (tertiary/aromatic N) is 6. The van der Waals surface area contributed by atoms with Gasteiger partial charge < -0.3 is 19.7 Å². The second-order valence-electron chi connectivity index (χ2n) is 17.5. The molecule has 7 saturated heterocycles. The summed E-state index contributed by atoms with van der Waals surface area (Å²) >= 11 is 0. The Labute approximate surface area is 332 Å². The van der Waals surface area contributed by atoms with Crippen LogP contribution >= 0.6 is 0 Å². The van der Waals surface area contributed by atoms with Crippen LogP contribution in [0.1, 0.15) is 75.7 Å². The minimum Gasteiger partial charge on any atom is -0.492 e. The van der Waals surface area contributed by atoms with Gasteiger partial charge >= 0.3 is 0 Å². The number of aromatic nitrogens is 2. The molecule has 2 N–H and O–H groups in total. The second-order valence-corrected chi connectivity index (χ2v) is 17.5. The van der Waals surface area contributed by atoms with Crippen LogP contribution in [0, 0.1) is 23.7 Å². The van der Waals surface area contributed by atoms with Crippen molar-refractivity contribution in [1.82, 2.24) is 29.6 Å². The average molecular weight is 763 g/mol. The number of pyridine rings is 2. The van der Waals surface area contributed by atoms with Crippen molar-refractivity contribution in [2.75, 3.05) is 78.7 Å². The van der Waals surface area contributed by atoms with Gasteiger partial charge in [-0.3, -0.25) is 29.6 Å². The number of fused-ring (bicyclic) bond motifs is 8. The topological polar surface area (TPSA) is 97.7 Å². The molecule has 0 spiro atoms.